The fourth-order valence-corrected chi connectivity index (χ4v) is 4.96. The van der Waals surface area contributed by atoms with E-state index in [-0.39, 0.29) is 6.04 Å². The first-order valence-corrected chi connectivity index (χ1v) is 11.2. The first-order chi connectivity index (χ1) is 14.1. The zero-order valence-electron chi connectivity index (χ0n) is 16.2. The lowest BCUT2D eigenvalue weighted by Crippen LogP contribution is -2.37. The van der Waals surface area contributed by atoms with E-state index >= 15 is 0 Å². The molecule has 4 rings (SSSR count). The quantitative estimate of drug-likeness (QED) is 0.383. The Morgan fingerprint density at radius 3 is 2.28 bits per heavy atom. The SMILES string of the molecule is Clc1ccc(C2CC(CCc3ccccc3)CCN2c2ccc(Cl)cc2Cl)cc1. The van der Waals surface area contributed by atoms with Crippen LogP contribution in [0.5, 0.6) is 0 Å². The van der Waals surface area contributed by atoms with E-state index in [1.54, 1.807) is 0 Å². The fraction of sp³-hybridized carbons (Fsp3) is 0.280. The molecule has 2 atom stereocenters. The summed E-state index contributed by atoms with van der Waals surface area (Å²) in [5.41, 5.74) is 3.75. The Morgan fingerprint density at radius 1 is 0.828 bits per heavy atom. The minimum Gasteiger partial charge on any atom is -0.363 e. The van der Waals surface area contributed by atoms with Crippen molar-refractivity contribution in [1.82, 2.24) is 0 Å². The van der Waals surface area contributed by atoms with Crippen molar-refractivity contribution in [3.05, 3.63) is 99.0 Å². The van der Waals surface area contributed by atoms with Crippen LogP contribution in [0, 0.1) is 5.92 Å². The molecule has 0 bridgehead atoms. The van der Waals surface area contributed by atoms with Gasteiger partial charge in [-0.2, -0.15) is 0 Å². The topological polar surface area (TPSA) is 3.24 Å². The number of aryl methyl sites for hydroxylation is 1. The Hall–Kier alpha value is -1.67. The van der Waals surface area contributed by atoms with Crippen LogP contribution in [-0.2, 0) is 6.42 Å². The van der Waals surface area contributed by atoms with Gasteiger partial charge in [-0.15, -0.1) is 0 Å². The van der Waals surface area contributed by atoms with Gasteiger partial charge in [0.1, 0.15) is 0 Å². The van der Waals surface area contributed by atoms with Gasteiger partial charge in [-0.3, -0.25) is 0 Å². The molecule has 0 aliphatic carbocycles. The number of benzene rings is 3. The van der Waals surface area contributed by atoms with E-state index < -0.39 is 0 Å². The monoisotopic (exact) mass is 443 g/mol. The molecule has 3 aromatic rings. The van der Waals surface area contributed by atoms with Crippen molar-refractivity contribution >= 4 is 40.5 Å². The van der Waals surface area contributed by atoms with Crippen molar-refractivity contribution < 1.29 is 0 Å². The number of anilines is 1. The molecule has 1 heterocycles. The normalized spacial score (nSPS) is 19.3. The lowest BCUT2D eigenvalue weighted by molar-refractivity contribution is 0.327. The Balaban J connectivity index is 1.56. The molecule has 2 unspecified atom stereocenters. The molecule has 4 heteroatoms. The molecule has 0 amide bonds. The molecular formula is C25H24Cl3N. The van der Waals surface area contributed by atoms with Gasteiger partial charge in [-0.1, -0.05) is 77.3 Å². The van der Waals surface area contributed by atoms with Gasteiger partial charge in [0.2, 0.25) is 0 Å². The van der Waals surface area contributed by atoms with E-state index in [4.69, 9.17) is 34.8 Å². The third kappa shape index (κ3) is 5.09. The Kier molecular flexibility index (Phi) is 6.70. The fourth-order valence-electron chi connectivity index (χ4n) is 4.32. The Bertz CT molecular complexity index is 940. The van der Waals surface area contributed by atoms with Crippen molar-refractivity contribution in [3.8, 4) is 0 Å². The van der Waals surface area contributed by atoms with Crippen LogP contribution in [0.2, 0.25) is 15.1 Å². The zero-order valence-corrected chi connectivity index (χ0v) is 18.5. The summed E-state index contributed by atoms with van der Waals surface area (Å²) < 4.78 is 0. The molecule has 0 saturated carbocycles. The van der Waals surface area contributed by atoms with Gasteiger partial charge in [0.05, 0.1) is 16.8 Å². The van der Waals surface area contributed by atoms with Crippen LogP contribution in [0.1, 0.15) is 36.4 Å². The predicted molar refractivity (Wildman–Crippen MR) is 125 cm³/mol. The van der Waals surface area contributed by atoms with Crippen molar-refractivity contribution in [2.45, 2.75) is 31.7 Å². The van der Waals surface area contributed by atoms with Crippen molar-refractivity contribution in [2.24, 2.45) is 5.92 Å². The number of nitrogens with zero attached hydrogens (tertiary/aromatic N) is 1. The molecule has 1 fully saturated rings. The number of halogens is 3. The average Bonchev–Trinajstić information content (AvgIpc) is 2.74. The second-order valence-electron chi connectivity index (χ2n) is 7.77. The standard InChI is InChI=1S/C25H24Cl3N/c26-21-10-8-20(9-11-21)25-16-19(7-6-18-4-2-1-3-5-18)14-15-29(25)24-13-12-22(27)17-23(24)28/h1-5,8-13,17,19,25H,6-7,14-16H2. The summed E-state index contributed by atoms with van der Waals surface area (Å²) >= 11 is 18.8. The highest BCUT2D eigenvalue weighted by Crippen LogP contribution is 2.42. The third-order valence-corrected chi connectivity index (χ3v) is 6.66. The molecule has 29 heavy (non-hydrogen) atoms. The lowest BCUT2D eigenvalue weighted by Gasteiger charge is -2.42. The maximum absolute atomic E-state index is 6.57. The Morgan fingerprint density at radius 2 is 1.55 bits per heavy atom. The van der Waals surface area contributed by atoms with Crippen LogP contribution in [0.3, 0.4) is 0 Å². The predicted octanol–water partition coefficient (Wildman–Crippen LogP) is 8.24. The number of hydrogen-bond donors (Lipinski definition) is 0. The molecule has 1 aliphatic rings. The lowest BCUT2D eigenvalue weighted by atomic mass is 9.83. The Labute approximate surface area is 188 Å². The molecule has 150 valence electrons. The number of rotatable bonds is 5. The molecule has 0 aromatic heterocycles. The zero-order chi connectivity index (χ0) is 20.2. The van der Waals surface area contributed by atoms with Crippen LogP contribution in [0.25, 0.3) is 0 Å². The summed E-state index contributed by atoms with van der Waals surface area (Å²) in [6.45, 7) is 0.980. The summed E-state index contributed by atoms with van der Waals surface area (Å²) in [5, 5.41) is 2.14. The van der Waals surface area contributed by atoms with E-state index in [0.717, 1.165) is 36.5 Å². The minimum absolute atomic E-state index is 0.278. The van der Waals surface area contributed by atoms with E-state index in [1.807, 2.05) is 30.3 Å². The maximum atomic E-state index is 6.57. The van der Waals surface area contributed by atoms with Crippen LogP contribution in [0.4, 0.5) is 5.69 Å². The molecular weight excluding hydrogens is 421 g/mol. The largest absolute Gasteiger partial charge is 0.363 e. The average molecular weight is 445 g/mol. The van der Waals surface area contributed by atoms with Gasteiger partial charge in [-0.05, 0) is 73.1 Å². The smallest absolute Gasteiger partial charge is 0.0654 e. The highest BCUT2D eigenvalue weighted by atomic mass is 35.5. The minimum atomic E-state index is 0.278. The van der Waals surface area contributed by atoms with Gasteiger partial charge in [0.25, 0.3) is 0 Å². The molecule has 0 N–H and O–H groups in total. The second-order valence-corrected chi connectivity index (χ2v) is 9.05. The number of piperidine rings is 1. The maximum Gasteiger partial charge on any atom is 0.0654 e. The van der Waals surface area contributed by atoms with Gasteiger partial charge in [0, 0.05) is 16.6 Å². The van der Waals surface area contributed by atoms with E-state index in [1.165, 1.54) is 17.5 Å². The van der Waals surface area contributed by atoms with Crippen molar-refractivity contribution in [1.29, 1.82) is 0 Å². The van der Waals surface area contributed by atoms with E-state index in [9.17, 15) is 0 Å². The highest BCUT2D eigenvalue weighted by molar-refractivity contribution is 6.36. The van der Waals surface area contributed by atoms with Crippen LogP contribution in [-0.4, -0.2) is 6.54 Å². The second kappa shape index (κ2) is 9.43. The summed E-state index contributed by atoms with van der Waals surface area (Å²) in [6.07, 6.45) is 4.60. The highest BCUT2D eigenvalue weighted by Gasteiger charge is 2.30. The first kappa shape index (κ1) is 20.6. The van der Waals surface area contributed by atoms with E-state index in [0.29, 0.717) is 16.0 Å². The van der Waals surface area contributed by atoms with Crippen LogP contribution in [0.15, 0.2) is 72.8 Å². The van der Waals surface area contributed by atoms with Gasteiger partial charge >= 0.3 is 0 Å². The summed E-state index contributed by atoms with van der Waals surface area (Å²) in [5.74, 6) is 0.679. The van der Waals surface area contributed by atoms with Crippen molar-refractivity contribution in [3.63, 3.8) is 0 Å². The molecule has 0 spiro atoms. The molecule has 0 radical (unpaired) electrons. The van der Waals surface area contributed by atoms with Crippen molar-refractivity contribution in [2.75, 3.05) is 11.4 Å². The molecule has 3 aromatic carbocycles. The third-order valence-electron chi connectivity index (χ3n) is 5.87. The molecule has 1 aliphatic heterocycles. The molecule has 1 saturated heterocycles. The summed E-state index contributed by atoms with van der Waals surface area (Å²) in [4.78, 5) is 2.43. The summed E-state index contributed by atoms with van der Waals surface area (Å²) in [6, 6.07) is 25.1. The number of hydrogen-bond acceptors (Lipinski definition) is 1. The first-order valence-electron chi connectivity index (χ1n) is 10.1. The van der Waals surface area contributed by atoms with Gasteiger partial charge in [-0.25, -0.2) is 0 Å². The molecule has 1 nitrogen and oxygen atoms in total. The summed E-state index contributed by atoms with van der Waals surface area (Å²) in [7, 11) is 0. The van der Waals surface area contributed by atoms with Gasteiger partial charge in [0.15, 0.2) is 0 Å². The van der Waals surface area contributed by atoms with Crippen LogP contribution < -0.4 is 4.90 Å². The van der Waals surface area contributed by atoms with Gasteiger partial charge < -0.3 is 4.90 Å². The van der Waals surface area contributed by atoms with Crippen LogP contribution >= 0.6 is 34.8 Å². The van der Waals surface area contributed by atoms with E-state index in [2.05, 4.69) is 47.4 Å².